The third kappa shape index (κ3) is 3.54. The van der Waals surface area contributed by atoms with Gasteiger partial charge in [-0.3, -0.25) is 4.79 Å². The fraction of sp³-hybridized carbons (Fsp3) is 0.304. The number of aryl methyl sites for hydroxylation is 1. The molecule has 0 fully saturated rings. The van der Waals surface area contributed by atoms with Crippen LogP contribution in [-0.4, -0.2) is 22.8 Å². The van der Waals surface area contributed by atoms with Crippen molar-refractivity contribution >= 4 is 23.1 Å². The first-order chi connectivity index (χ1) is 13.5. The van der Waals surface area contributed by atoms with Crippen molar-refractivity contribution in [2.75, 3.05) is 7.05 Å². The smallest absolute Gasteiger partial charge is 0.173 e. The van der Waals surface area contributed by atoms with E-state index in [9.17, 15) is 4.79 Å². The van der Waals surface area contributed by atoms with Crippen LogP contribution in [0.25, 0.3) is 0 Å². The maximum Gasteiger partial charge on any atom is 0.173 e. The topological polar surface area (TPSA) is 41.6 Å². The third-order valence-corrected chi connectivity index (χ3v) is 5.96. The van der Waals surface area contributed by atoms with Gasteiger partial charge in [-0.05, 0) is 60.8 Å². The molecule has 4 rings (SSSR count). The number of nitrogens with zero attached hydrogens (tertiary/aromatic N) is 1. The Morgan fingerprint density at radius 3 is 2.64 bits per heavy atom. The summed E-state index contributed by atoms with van der Waals surface area (Å²) in [7, 11) is 1.93. The van der Waals surface area contributed by atoms with Crippen LogP contribution < -0.4 is 10.1 Å². The van der Waals surface area contributed by atoms with E-state index < -0.39 is 0 Å². The average Bonchev–Trinajstić information content (AvgIpc) is 2.71. The summed E-state index contributed by atoms with van der Waals surface area (Å²) in [6, 6.07) is 16.0. The van der Waals surface area contributed by atoms with Crippen molar-refractivity contribution in [3.05, 3.63) is 76.5 Å². The molecular formula is C23H24N2O2S. The zero-order chi connectivity index (χ0) is 19.7. The zero-order valence-electron chi connectivity index (χ0n) is 16.2. The number of rotatable bonds is 4. The van der Waals surface area contributed by atoms with E-state index in [2.05, 4.69) is 24.4 Å². The van der Waals surface area contributed by atoms with E-state index in [0.29, 0.717) is 18.1 Å². The Kier molecular flexibility index (Phi) is 5.18. The highest BCUT2D eigenvalue weighted by molar-refractivity contribution is 7.80. The molecule has 2 aromatic rings. The van der Waals surface area contributed by atoms with Crippen molar-refractivity contribution < 1.29 is 9.53 Å². The van der Waals surface area contributed by atoms with Crippen LogP contribution in [0.3, 0.4) is 0 Å². The summed E-state index contributed by atoms with van der Waals surface area (Å²) < 4.78 is 5.95. The number of thiocarbonyl (C=S) groups is 1. The average molecular weight is 393 g/mol. The van der Waals surface area contributed by atoms with Crippen LogP contribution in [0.15, 0.2) is 59.8 Å². The molecule has 1 unspecified atom stereocenters. The number of carbonyl (C=O) groups excluding carboxylic acids is 1. The van der Waals surface area contributed by atoms with E-state index in [1.807, 2.05) is 48.3 Å². The van der Waals surface area contributed by atoms with Gasteiger partial charge in [-0.25, -0.2) is 0 Å². The molecule has 0 radical (unpaired) electrons. The number of ketones is 1. The first-order valence-corrected chi connectivity index (χ1v) is 10.0. The van der Waals surface area contributed by atoms with Gasteiger partial charge in [0, 0.05) is 24.7 Å². The molecule has 0 saturated carbocycles. The Morgan fingerprint density at radius 2 is 1.89 bits per heavy atom. The molecule has 2 aromatic carbocycles. The van der Waals surface area contributed by atoms with Crippen molar-refractivity contribution in [3.8, 4) is 5.75 Å². The minimum atomic E-state index is -0.183. The maximum absolute atomic E-state index is 12.6. The van der Waals surface area contributed by atoms with E-state index in [1.165, 1.54) is 11.1 Å². The van der Waals surface area contributed by atoms with Gasteiger partial charge in [0.2, 0.25) is 0 Å². The lowest BCUT2D eigenvalue weighted by molar-refractivity contribution is -0.116. The van der Waals surface area contributed by atoms with Gasteiger partial charge in [0.15, 0.2) is 10.9 Å². The summed E-state index contributed by atoms with van der Waals surface area (Å²) in [6.45, 7) is 2.62. The standard InChI is InChI=1S/C23H24N2O2S/c1-15-6-3-4-7-17(15)14-27-18-12-10-16(11-13-18)22-21-19(8-5-9-20(21)26)25(2)23(28)24-22/h3-4,6-7,10-13,22H,5,8-9,14H2,1-2H3,(H,24,28). The van der Waals surface area contributed by atoms with E-state index >= 15 is 0 Å². The summed E-state index contributed by atoms with van der Waals surface area (Å²) in [5.41, 5.74) is 5.34. The molecule has 1 aliphatic heterocycles. The van der Waals surface area contributed by atoms with Crippen LogP contribution in [0.1, 0.15) is 42.0 Å². The van der Waals surface area contributed by atoms with Crippen molar-refractivity contribution in [1.82, 2.24) is 10.2 Å². The van der Waals surface area contributed by atoms with Crippen LogP contribution in [0, 0.1) is 6.92 Å². The number of hydrogen-bond acceptors (Lipinski definition) is 3. The van der Waals surface area contributed by atoms with Crippen molar-refractivity contribution in [2.24, 2.45) is 0 Å². The lowest BCUT2D eigenvalue weighted by Crippen LogP contribution is -2.47. The molecule has 2 aliphatic rings. The molecule has 0 amide bonds. The second kappa shape index (κ2) is 7.76. The van der Waals surface area contributed by atoms with Gasteiger partial charge < -0.3 is 15.0 Å². The van der Waals surface area contributed by atoms with Gasteiger partial charge in [0.05, 0.1) is 6.04 Å². The fourth-order valence-corrected chi connectivity index (χ4v) is 4.11. The predicted molar refractivity (Wildman–Crippen MR) is 114 cm³/mol. The molecule has 144 valence electrons. The predicted octanol–water partition coefficient (Wildman–Crippen LogP) is 4.44. The Bertz CT molecular complexity index is 949. The summed E-state index contributed by atoms with van der Waals surface area (Å²) in [5, 5.41) is 4.00. The molecule has 0 spiro atoms. The number of hydrogen-bond donors (Lipinski definition) is 1. The molecule has 0 bridgehead atoms. The molecule has 1 aliphatic carbocycles. The molecule has 1 N–H and O–H groups in total. The lowest BCUT2D eigenvalue weighted by atomic mass is 9.85. The normalized spacial score (nSPS) is 19.4. The van der Waals surface area contributed by atoms with Gasteiger partial charge in [0.1, 0.15) is 12.4 Å². The highest BCUT2D eigenvalue weighted by Gasteiger charge is 2.35. The Balaban J connectivity index is 1.55. The lowest BCUT2D eigenvalue weighted by Gasteiger charge is -2.39. The number of ether oxygens (including phenoxy) is 1. The molecule has 1 heterocycles. The minimum absolute atomic E-state index is 0.183. The summed E-state index contributed by atoms with van der Waals surface area (Å²) in [6.07, 6.45) is 2.39. The number of benzene rings is 2. The highest BCUT2D eigenvalue weighted by Crippen LogP contribution is 2.37. The highest BCUT2D eigenvalue weighted by atomic mass is 32.1. The zero-order valence-corrected chi connectivity index (χ0v) is 17.0. The van der Waals surface area contributed by atoms with Crippen molar-refractivity contribution in [2.45, 2.75) is 38.8 Å². The van der Waals surface area contributed by atoms with Gasteiger partial charge in [-0.15, -0.1) is 0 Å². The summed E-state index contributed by atoms with van der Waals surface area (Å²) in [5.74, 6) is 1.03. The van der Waals surface area contributed by atoms with E-state index in [4.69, 9.17) is 17.0 Å². The summed E-state index contributed by atoms with van der Waals surface area (Å²) >= 11 is 5.49. The molecule has 1 atom stereocenters. The second-order valence-electron chi connectivity index (χ2n) is 7.36. The number of nitrogens with one attached hydrogen (secondary N) is 1. The molecule has 0 saturated heterocycles. The van der Waals surface area contributed by atoms with Gasteiger partial charge in [0.25, 0.3) is 0 Å². The Hall–Kier alpha value is -2.66. The minimum Gasteiger partial charge on any atom is -0.489 e. The van der Waals surface area contributed by atoms with E-state index in [-0.39, 0.29) is 11.8 Å². The molecule has 28 heavy (non-hydrogen) atoms. The number of Topliss-reactive ketones (excluding diaryl/α,β-unsaturated/α-hetero) is 1. The molecule has 0 aromatic heterocycles. The SMILES string of the molecule is Cc1ccccc1COc1ccc(C2NC(=S)N(C)C3=C2C(=O)CCC3)cc1. The monoisotopic (exact) mass is 392 g/mol. The van der Waals surface area contributed by atoms with E-state index in [1.54, 1.807) is 0 Å². The van der Waals surface area contributed by atoms with Gasteiger partial charge in [-0.1, -0.05) is 36.4 Å². The maximum atomic E-state index is 12.6. The van der Waals surface area contributed by atoms with Crippen LogP contribution in [-0.2, 0) is 11.4 Å². The van der Waals surface area contributed by atoms with Crippen LogP contribution in [0.2, 0.25) is 0 Å². The van der Waals surface area contributed by atoms with Crippen LogP contribution in [0.5, 0.6) is 5.75 Å². The van der Waals surface area contributed by atoms with E-state index in [0.717, 1.165) is 35.4 Å². The quantitative estimate of drug-likeness (QED) is 0.779. The summed E-state index contributed by atoms with van der Waals surface area (Å²) in [4.78, 5) is 14.6. The molecular weight excluding hydrogens is 368 g/mol. The Labute approximate surface area is 171 Å². The van der Waals surface area contributed by atoms with Crippen LogP contribution >= 0.6 is 12.2 Å². The van der Waals surface area contributed by atoms with Crippen LogP contribution in [0.4, 0.5) is 0 Å². The van der Waals surface area contributed by atoms with Gasteiger partial charge in [-0.2, -0.15) is 0 Å². The second-order valence-corrected chi connectivity index (χ2v) is 7.75. The first kappa shape index (κ1) is 18.7. The number of carbonyl (C=O) groups is 1. The fourth-order valence-electron chi connectivity index (χ4n) is 3.88. The first-order valence-electron chi connectivity index (χ1n) is 9.62. The number of allylic oxidation sites excluding steroid dienone is 1. The third-order valence-electron chi connectivity index (χ3n) is 5.56. The largest absolute Gasteiger partial charge is 0.489 e. The van der Waals surface area contributed by atoms with Gasteiger partial charge >= 0.3 is 0 Å². The molecule has 5 heteroatoms. The van der Waals surface area contributed by atoms with Crippen molar-refractivity contribution in [3.63, 3.8) is 0 Å². The Morgan fingerprint density at radius 1 is 1.14 bits per heavy atom. The molecule has 4 nitrogen and oxygen atoms in total. The van der Waals surface area contributed by atoms with Crippen molar-refractivity contribution in [1.29, 1.82) is 0 Å².